The van der Waals surface area contributed by atoms with Crippen LogP contribution in [0.1, 0.15) is 32.2 Å². The van der Waals surface area contributed by atoms with E-state index >= 15 is 0 Å². The molecule has 3 heterocycles. The van der Waals surface area contributed by atoms with Crippen molar-refractivity contribution in [2.75, 3.05) is 0 Å². The van der Waals surface area contributed by atoms with E-state index in [-0.39, 0.29) is 5.41 Å². The molecule has 0 aliphatic heterocycles. The quantitative estimate of drug-likeness (QED) is 0.700. The Bertz CT molecular complexity index is 780. The molecule has 0 aromatic carbocycles. The summed E-state index contributed by atoms with van der Waals surface area (Å²) in [5.41, 5.74) is 3.15. The molecule has 0 spiro atoms. The topological polar surface area (TPSA) is 41.1 Å². The second-order valence-corrected chi connectivity index (χ2v) is 7.49. The highest BCUT2D eigenvalue weighted by molar-refractivity contribution is 7.16. The van der Waals surface area contributed by atoms with E-state index in [9.17, 15) is 0 Å². The second kappa shape index (κ2) is 4.72. The van der Waals surface area contributed by atoms with Crippen LogP contribution in [0.25, 0.3) is 15.5 Å². The van der Waals surface area contributed by atoms with Gasteiger partial charge in [0.2, 0.25) is 0 Å². The number of aromatic nitrogens is 2. The van der Waals surface area contributed by atoms with Gasteiger partial charge < -0.3 is 0 Å². The first-order valence-corrected chi connectivity index (χ1v) is 8.18. The summed E-state index contributed by atoms with van der Waals surface area (Å²) in [7, 11) is 0. The van der Waals surface area contributed by atoms with Crippen LogP contribution in [0.3, 0.4) is 0 Å². The van der Waals surface area contributed by atoms with Gasteiger partial charge in [0, 0.05) is 10.8 Å². The number of imidazole rings is 1. The van der Waals surface area contributed by atoms with Gasteiger partial charge in [-0.15, -0.1) is 22.7 Å². The molecule has 0 amide bonds. The number of rotatable bonds is 2. The Morgan fingerprint density at radius 2 is 2.15 bits per heavy atom. The van der Waals surface area contributed by atoms with E-state index in [2.05, 4.69) is 54.1 Å². The van der Waals surface area contributed by atoms with Gasteiger partial charge in [-0.25, -0.2) is 4.98 Å². The van der Waals surface area contributed by atoms with Crippen LogP contribution in [-0.2, 0) is 11.8 Å². The lowest BCUT2D eigenvalue weighted by atomic mass is 9.90. The summed E-state index contributed by atoms with van der Waals surface area (Å²) < 4.78 is 2.15. The fourth-order valence-electron chi connectivity index (χ4n) is 2.35. The van der Waals surface area contributed by atoms with E-state index in [4.69, 9.17) is 10.2 Å². The monoisotopic (exact) mass is 301 g/mol. The van der Waals surface area contributed by atoms with Crippen molar-refractivity contribution in [1.82, 2.24) is 9.38 Å². The number of fused-ring (bicyclic) bond motifs is 1. The highest BCUT2D eigenvalue weighted by atomic mass is 32.1. The molecule has 3 aromatic heterocycles. The molecule has 0 saturated heterocycles. The fourth-order valence-corrected chi connectivity index (χ4v) is 4.06. The lowest BCUT2D eigenvalue weighted by Crippen LogP contribution is -2.15. The molecule has 3 aromatic rings. The molecule has 0 saturated carbocycles. The van der Waals surface area contributed by atoms with E-state index in [0.717, 1.165) is 22.0 Å². The third-order valence-electron chi connectivity index (χ3n) is 3.19. The zero-order valence-electron chi connectivity index (χ0n) is 11.7. The molecule has 102 valence electrons. The molecule has 3 rings (SSSR count). The Labute approximate surface area is 126 Å². The summed E-state index contributed by atoms with van der Waals surface area (Å²) in [5, 5.41) is 13.4. The summed E-state index contributed by atoms with van der Waals surface area (Å²) >= 11 is 3.35. The van der Waals surface area contributed by atoms with E-state index in [1.165, 1.54) is 4.88 Å². The van der Waals surface area contributed by atoms with Gasteiger partial charge in [-0.2, -0.15) is 5.26 Å². The lowest BCUT2D eigenvalue weighted by molar-refractivity contribution is 0.566. The second-order valence-electron chi connectivity index (χ2n) is 5.71. The van der Waals surface area contributed by atoms with Crippen LogP contribution in [0.5, 0.6) is 0 Å². The molecule has 0 atom stereocenters. The van der Waals surface area contributed by atoms with Crippen LogP contribution in [0.4, 0.5) is 0 Å². The Morgan fingerprint density at radius 1 is 1.35 bits per heavy atom. The SMILES string of the molecule is CC(C)(C)c1nc2scc(-c3cccs3)n2c1CC#N. The number of nitrogens with zero attached hydrogens (tertiary/aromatic N) is 3. The van der Waals surface area contributed by atoms with Gasteiger partial charge in [0.1, 0.15) is 0 Å². The van der Waals surface area contributed by atoms with Crippen molar-refractivity contribution in [3.63, 3.8) is 0 Å². The summed E-state index contributed by atoms with van der Waals surface area (Å²) in [6, 6.07) is 6.45. The van der Waals surface area contributed by atoms with Crippen LogP contribution >= 0.6 is 22.7 Å². The minimum atomic E-state index is -0.0509. The van der Waals surface area contributed by atoms with Gasteiger partial charge in [-0.05, 0) is 11.4 Å². The number of hydrogen-bond donors (Lipinski definition) is 0. The standard InChI is InChI=1S/C15H15N3S2/c1-15(2,3)13-10(6-7-16)18-11(9-20-14(18)17-13)12-5-4-8-19-12/h4-5,8-9H,6H2,1-3H3. The Kier molecular flexibility index (Phi) is 3.15. The van der Waals surface area contributed by atoms with Crippen molar-refractivity contribution >= 4 is 27.6 Å². The highest BCUT2D eigenvalue weighted by Crippen LogP contribution is 2.35. The van der Waals surface area contributed by atoms with Gasteiger partial charge in [-0.3, -0.25) is 4.40 Å². The average Bonchev–Trinajstić information content (AvgIpc) is 3.03. The van der Waals surface area contributed by atoms with Crippen molar-refractivity contribution in [3.8, 4) is 16.6 Å². The van der Waals surface area contributed by atoms with Gasteiger partial charge in [0.25, 0.3) is 0 Å². The number of thiazole rings is 1. The lowest BCUT2D eigenvalue weighted by Gasteiger charge is -2.17. The predicted octanol–water partition coefficient (Wildman–Crippen LogP) is 4.49. The van der Waals surface area contributed by atoms with Crippen molar-refractivity contribution in [2.24, 2.45) is 0 Å². The van der Waals surface area contributed by atoms with Crippen molar-refractivity contribution in [3.05, 3.63) is 34.3 Å². The van der Waals surface area contributed by atoms with Crippen LogP contribution in [-0.4, -0.2) is 9.38 Å². The molecule has 3 nitrogen and oxygen atoms in total. The minimum Gasteiger partial charge on any atom is -0.285 e. The van der Waals surface area contributed by atoms with Gasteiger partial charge in [0.15, 0.2) is 4.96 Å². The third-order valence-corrected chi connectivity index (χ3v) is 4.91. The average molecular weight is 301 g/mol. The van der Waals surface area contributed by atoms with Gasteiger partial charge in [0.05, 0.1) is 34.4 Å². The van der Waals surface area contributed by atoms with Crippen LogP contribution < -0.4 is 0 Å². The largest absolute Gasteiger partial charge is 0.285 e. The number of hydrogen-bond acceptors (Lipinski definition) is 4. The smallest absolute Gasteiger partial charge is 0.194 e. The Morgan fingerprint density at radius 3 is 2.75 bits per heavy atom. The van der Waals surface area contributed by atoms with E-state index in [0.29, 0.717) is 6.42 Å². The normalized spacial score (nSPS) is 11.9. The molecule has 0 unspecified atom stereocenters. The maximum atomic E-state index is 9.16. The van der Waals surface area contributed by atoms with Crippen molar-refractivity contribution in [2.45, 2.75) is 32.6 Å². The Hall–Kier alpha value is -1.64. The fraction of sp³-hybridized carbons (Fsp3) is 0.333. The minimum absolute atomic E-state index is 0.0509. The van der Waals surface area contributed by atoms with E-state index in [1.807, 2.05) is 0 Å². The molecular weight excluding hydrogens is 286 g/mol. The predicted molar refractivity (Wildman–Crippen MR) is 84.4 cm³/mol. The summed E-state index contributed by atoms with van der Waals surface area (Å²) in [5.74, 6) is 0. The third kappa shape index (κ3) is 2.05. The van der Waals surface area contributed by atoms with Gasteiger partial charge >= 0.3 is 0 Å². The maximum Gasteiger partial charge on any atom is 0.194 e. The van der Waals surface area contributed by atoms with Crippen LogP contribution in [0, 0.1) is 11.3 Å². The summed E-state index contributed by atoms with van der Waals surface area (Å²) in [4.78, 5) is 6.96. The molecule has 0 bridgehead atoms. The van der Waals surface area contributed by atoms with Crippen LogP contribution in [0.2, 0.25) is 0 Å². The molecule has 5 heteroatoms. The van der Waals surface area contributed by atoms with Crippen molar-refractivity contribution < 1.29 is 0 Å². The number of thiophene rings is 1. The first kappa shape index (κ1) is 13.3. The highest BCUT2D eigenvalue weighted by Gasteiger charge is 2.25. The summed E-state index contributed by atoms with van der Waals surface area (Å²) in [6.45, 7) is 6.43. The molecule has 0 radical (unpaired) electrons. The molecular formula is C15H15N3S2. The zero-order valence-corrected chi connectivity index (χ0v) is 13.3. The molecule has 0 aliphatic rings. The van der Waals surface area contributed by atoms with Crippen LogP contribution in [0.15, 0.2) is 22.9 Å². The maximum absolute atomic E-state index is 9.16. The number of nitriles is 1. The molecule has 0 fully saturated rings. The van der Waals surface area contributed by atoms with E-state index < -0.39 is 0 Å². The molecule has 0 aliphatic carbocycles. The Balaban J connectivity index is 2.31. The first-order chi connectivity index (χ1) is 9.52. The summed E-state index contributed by atoms with van der Waals surface area (Å²) in [6.07, 6.45) is 0.392. The zero-order chi connectivity index (χ0) is 14.3. The first-order valence-electron chi connectivity index (χ1n) is 6.42. The molecule has 0 N–H and O–H groups in total. The van der Waals surface area contributed by atoms with Gasteiger partial charge in [-0.1, -0.05) is 26.8 Å². The van der Waals surface area contributed by atoms with Crippen molar-refractivity contribution in [1.29, 1.82) is 5.26 Å². The molecule has 20 heavy (non-hydrogen) atoms. The van der Waals surface area contributed by atoms with E-state index in [1.54, 1.807) is 22.7 Å².